The summed E-state index contributed by atoms with van der Waals surface area (Å²) in [5, 5.41) is 5.18. The summed E-state index contributed by atoms with van der Waals surface area (Å²) >= 11 is 0. The highest BCUT2D eigenvalue weighted by Gasteiger charge is 2.22. The van der Waals surface area contributed by atoms with Gasteiger partial charge in [-0.2, -0.15) is 0 Å². The van der Waals surface area contributed by atoms with Crippen LogP contribution in [0.5, 0.6) is 0 Å². The maximum absolute atomic E-state index is 6.72. The molecule has 0 amide bonds. The quantitative estimate of drug-likeness (QED) is 0.209. The minimum atomic E-state index is 0.565. The Balaban J connectivity index is 1.38. The Hall–Kier alpha value is -6.20. The second-order valence-electron chi connectivity index (χ2n) is 11.0. The first-order valence-electron chi connectivity index (χ1n) is 14.9. The minimum absolute atomic E-state index is 0.565. The Morgan fingerprint density at radius 2 is 0.978 bits per heavy atom. The van der Waals surface area contributed by atoms with Crippen molar-refractivity contribution in [2.45, 2.75) is 0 Å². The van der Waals surface area contributed by atoms with Crippen LogP contribution in [0.4, 0.5) is 0 Å². The molecule has 3 aromatic heterocycles. The van der Waals surface area contributed by atoms with E-state index < -0.39 is 0 Å². The monoisotopic (exact) mass is 576 g/mol. The zero-order chi connectivity index (χ0) is 29.7. The van der Waals surface area contributed by atoms with Crippen molar-refractivity contribution >= 4 is 43.6 Å². The number of aromatic nitrogens is 4. The molecule has 9 rings (SSSR count). The van der Waals surface area contributed by atoms with Crippen LogP contribution in [0.15, 0.2) is 150 Å². The zero-order valence-corrected chi connectivity index (χ0v) is 24.1. The third kappa shape index (κ3) is 4.17. The second-order valence-corrected chi connectivity index (χ2v) is 11.0. The van der Waals surface area contributed by atoms with Crippen LogP contribution < -0.4 is 0 Å². The van der Waals surface area contributed by atoms with Crippen molar-refractivity contribution in [2.24, 2.45) is 0 Å². The van der Waals surface area contributed by atoms with E-state index >= 15 is 0 Å². The largest absolute Gasteiger partial charge is 0.455 e. The van der Waals surface area contributed by atoms with Crippen LogP contribution in [0, 0.1) is 0 Å². The van der Waals surface area contributed by atoms with Crippen molar-refractivity contribution < 1.29 is 4.42 Å². The molecule has 0 saturated carbocycles. The summed E-state index contributed by atoms with van der Waals surface area (Å²) in [5.74, 6) is 1.78. The number of furan rings is 1. The van der Waals surface area contributed by atoms with Gasteiger partial charge < -0.3 is 4.42 Å². The molecule has 45 heavy (non-hydrogen) atoms. The maximum atomic E-state index is 6.72. The summed E-state index contributed by atoms with van der Waals surface area (Å²) in [6.07, 6.45) is 0. The molecule has 0 atom stereocenters. The van der Waals surface area contributed by atoms with Crippen molar-refractivity contribution in [3.8, 4) is 45.4 Å². The van der Waals surface area contributed by atoms with Crippen molar-refractivity contribution in [3.05, 3.63) is 146 Å². The predicted octanol–water partition coefficient (Wildman–Crippen LogP) is 10.1. The van der Waals surface area contributed by atoms with Gasteiger partial charge in [-0.25, -0.2) is 19.9 Å². The van der Waals surface area contributed by atoms with Gasteiger partial charge in [-0.3, -0.25) is 0 Å². The Bertz CT molecular complexity index is 2480. The van der Waals surface area contributed by atoms with Crippen LogP contribution >= 0.6 is 0 Å². The molecule has 5 heteroatoms. The van der Waals surface area contributed by atoms with Gasteiger partial charge in [-0.15, -0.1) is 0 Å². The molecule has 0 bridgehead atoms. The number of hydrogen-bond donors (Lipinski definition) is 0. The van der Waals surface area contributed by atoms with Crippen molar-refractivity contribution in [1.29, 1.82) is 0 Å². The molecule has 0 fully saturated rings. The Labute approximate surface area is 258 Å². The van der Waals surface area contributed by atoms with Crippen LogP contribution in [0.1, 0.15) is 0 Å². The van der Waals surface area contributed by atoms with E-state index in [1.807, 2.05) is 97.1 Å². The molecule has 0 aliphatic heterocycles. The van der Waals surface area contributed by atoms with E-state index in [-0.39, 0.29) is 0 Å². The molecule has 0 unspecified atom stereocenters. The van der Waals surface area contributed by atoms with Gasteiger partial charge in [-0.05, 0) is 22.9 Å². The average molecular weight is 577 g/mol. The molecule has 5 nitrogen and oxygen atoms in total. The highest BCUT2D eigenvalue weighted by Crippen LogP contribution is 2.43. The van der Waals surface area contributed by atoms with E-state index in [4.69, 9.17) is 24.4 Å². The number of pyridine rings is 1. The number of nitrogens with zero attached hydrogens (tertiary/aromatic N) is 4. The molecule has 0 spiro atoms. The fraction of sp³-hybridized carbons (Fsp3) is 0. The average Bonchev–Trinajstić information content (AvgIpc) is 3.51. The van der Waals surface area contributed by atoms with Crippen molar-refractivity contribution in [3.63, 3.8) is 0 Å². The first-order chi connectivity index (χ1) is 22.3. The fourth-order valence-corrected chi connectivity index (χ4v) is 6.25. The van der Waals surface area contributed by atoms with Gasteiger partial charge in [0.05, 0.1) is 22.0 Å². The van der Waals surface area contributed by atoms with Gasteiger partial charge in [0.25, 0.3) is 0 Å². The second kappa shape index (κ2) is 10.2. The third-order valence-corrected chi connectivity index (χ3v) is 8.32. The van der Waals surface area contributed by atoms with Crippen LogP contribution in [0.25, 0.3) is 89.0 Å². The number of benzene rings is 6. The molecule has 0 N–H and O–H groups in total. The van der Waals surface area contributed by atoms with E-state index in [1.165, 1.54) is 5.39 Å². The fourth-order valence-electron chi connectivity index (χ4n) is 6.25. The summed E-state index contributed by atoms with van der Waals surface area (Å²) < 4.78 is 6.72. The SMILES string of the molecule is c1ccc(-c2nc(-c3ccccc3)nc(-c3cccc4nc(-c5cccc6ccccc56)c5c6ccccc6oc5c34)n2)cc1. The van der Waals surface area contributed by atoms with Gasteiger partial charge >= 0.3 is 0 Å². The number of hydrogen-bond acceptors (Lipinski definition) is 5. The molecule has 210 valence electrons. The van der Waals surface area contributed by atoms with E-state index in [2.05, 4.69) is 48.5 Å². The number of rotatable bonds is 4. The van der Waals surface area contributed by atoms with Gasteiger partial charge in [-0.1, -0.05) is 133 Å². The molecule has 0 saturated heterocycles. The lowest BCUT2D eigenvalue weighted by atomic mass is 9.96. The smallest absolute Gasteiger partial charge is 0.164 e. The van der Waals surface area contributed by atoms with Crippen molar-refractivity contribution in [2.75, 3.05) is 0 Å². The number of para-hydroxylation sites is 1. The summed E-state index contributed by atoms with van der Waals surface area (Å²) in [6, 6.07) is 49.1. The minimum Gasteiger partial charge on any atom is -0.455 e. The molecule has 3 heterocycles. The molecular formula is C40H24N4O. The van der Waals surface area contributed by atoms with E-state index in [1.54, 1.807) is 0 Å². The van der Waals surface area contributed by atoms with Crippen LogP contribution in [0.3, 0.4) is 0 Å². The maximum Gasteiger partial charge on any atom is 0.164 e. The van der Waals surface area contributed by atoms with Gasteiger partial charge in [0.1, 0.15) is 11.2 Å². The number of fused-ring (bicyclic) bond motifs is 6. The van der Waals surface area contributed by atoms with Crippen LogP contribution in [-0.2, 0) is 0 Å². The van der Waals surface area contributed by atoms with Gasteiger partial charge in [0.2, 0.25) is 0 Å². The molecule has 0 aliphatic rings. The highest BCUT2D eigenvalue weighted by atomic mass is 16.3. The van der Waals surface area contributed by atoms with Crippen LogP contribution in [-0.4, -0.2) is 19.9 Å². The highest BCUT2D eigenvalue weighted by molar-refractivity contribution is 6.23. The standard InChI is InChI=1S/C40H24N4O/c1-3-14-26(15-4-1)38-42-39(27-16-5-2-6-17-27)44-40(43-38)31-22-12-23-32-34(31)37-35(30-20-9-10-24-33(30)45-37)36(41-32)29-21-11-18-25-13-7-8-19-28(25)29/h1-24H. The van der Waals surface area contributed by atoms with E-state index in [0.717, 1.165) is 66.2 Å². The first-order valence-corrected chi connectivity index (χ1v) is 14.9. The predicted molar refractivity (Wildman–Crippen MR) is 182 cm³/mol. The Kier molecular flexibility index (Phi) is 5.74. The lowest BCUT2D eigenvalue weighted by Gasteiger charge is -2.13. The zero-order valence-electron chi connectivity index (χ0n) is 24.1. The first kappa shape index (κ1) is 25.3. The Morgan fingerprint density at radius 1 is 0.400 bits per heavy atom. The summed E-state index contributed by atoms with van der Waals surface area (Å²) in [5.41, 5.74) is 7.02. The topological polar surface area (TPSA) is 64.7 Å². The summed E-state index contributed by atoms with van der Waals surface area (Å²) in [4.78, 5) is 20.3. The molecule has 0 aliphatic carbocycles. The van der Waals surface area contributed by atoms with Gasteiger partial charge in [0.15, 0.2) is 17.5 Å². The molecule has 6 aromatic carbocycles. The molecule has 9 aromatic rings. The van der Waals surface area contributed by atoms with E-state index in [0.29, 0.717) is 17.5 Å². The normalized spacial score (nSPS) is 11.6. The van der Waals surface area contributed by atoms with Crippen LogP contribution in [0.2, 0.25) is 0 Å². The lowest BCUT2D eigenvalue weighted by molar-refractivity contribution is 0.672. The van der Waals surface area contributed by atoms with E-state index in [9.17, 15) is 0 Å². The lowest BCUT2D eigenvalue weighted by Crippen LogP contribution is -2.01. The third-order valence-electron chi connectivity index (χ3n) is 8.32. The summed E-state index contributed by atoms with van der Waals surface area (Å²) in [7, 11) is 0. The molecular weight excluding hydrogens is 552 g/mol. The molecule has 0 radical (unpaired) electrons. The van der Waals surface area contributed by atoms with Crippen molar-refractivity contribution in [1.82, 2.24) is 19.9 Å². The van der Waals surface area contributed by atoms with Gasteiger partial charge in [0, 0.05) is 27.6 Å². The Morgan fingerprint density at radius 3 is 1.73 bits per heavy atom. The summed E-state index contributed by atoms with van der Waals surface area (Å²) in [6.45, 7) is 0.